The first-order valence-electron chi connectivity index (χ1n) is 3.54. The van der Waals surface area contributed by atoms with Crippen molar-refractivity contribution in [1.29, 1.82) is 5.26 Å². The molecule has 5 heteroatoms. The summed E-state index contributed by atoms with van der Waals surface area (Å²) in [6.45, 7) is 1.54. The highest BCUT2D eigenvalue weighted by Gasteiger charge is 2.34. The third-order valence-corrected chi connectivity index (χ3v) is 1.87. The molecule has 0 aromatic heterocycles. The molecule has 0 spiro atoms. The fourth-order valence-electron chi connectivity index (χ4n) is 1.14. The van der Waals surface area contributed by atoms with E-state index in [1.807, 2.05) is 0 Å². The number of amides is 2. The maximum Gasteiger partial charge on any atom is 0.255 e. The third kappa shape index (κ3) is 1.11. The molecule has 0 aromatic carbocycles. The van der Waals surface area contributed by atoms with Crippen LogP contribution in [0.1, 0.15) is 6.92 Å². The monoisotopic (exact) mass is 167 g/mol. The molecular weight excluding hydrogens is 158 g/mol. The van der Waals surface area contributed by atoms with Crippen LogP contribution in [0, 0.1) is 11.5 Å². The maximum atomic E-state index is 11.2. The van der Waals surface area contributed by atoms with E-state index in [0.29, 0.717) is 0 Å². The largest absolute Gasteiger partial charge is 0.335 e. The number of nitriles is 1. The molecule has 0 N–H and O–H groups in total. The van der Waals surface area contributed by atoms with Gasteiger partial charge in [0, 0.05) is 7.05 Å². The number of carbonyl (C=O) groups is 2. The van der Waals surface area contributed by atoms with Crippen molar-refractivity contribution in [2.24, 2.45) is 0 Å². The van der Waals surface area contributed by atoms with Crippen LogP contribution < -0.4 is 0 Å². The molecule has 1 heterocycles. The fraction of sp³-hybridized carbons (Fsp3) is 0.571. The minimum atomic E-state index is -0.652. The van der Waals surface area contributed by atoms with Gasteiger partial charge in [0.2, 0.25) is 5.91 Å². The Kier molecular flexibility index (Phi) is 2.00. The smallest absolute Gasteiger partial charge is 0.255 e. The summed E-state index contributed by atoms with van der Waals surface area (Å²) in [6, 6.07) is -0.652. The van der Waals surface area contributed by atoms with Gasteiger partial charge in [0.25, 0.3) is 5.91 Å². The molecular formula is C7H9N3O2. The predicted molar refractivity (Wildman–Crippen MR) is 39.6 cm³/mol. The van der Waals surface area contributed by atoms with Crippen LogP contribution in [0.15, 0.2) is 0 Å². The molecule has 0 saturated carbocycles. The molecule has 12 heavy (non-hydrogen) atoms. The number of nitrogens with zero attached hydrogens (tertiary/aromatic N) is 3. The van der Waals surface area contributed by atoms with Crippen LogP contribution >= 0.6 is 0 Å². The molecule has 5 nitrogen and oxygen atoms in total. The van der Waals surface area contributed by atoms with Crippen molar-refractivity contribution in [3.8, 4) is 6.19 Å². The molecule has 64 valence electrons. The Balaban J connectivity index is 2.88. The van der Waals surface area contributed by atoms with Gasteiger partial charge in [-0.3, -0.25) is 9.59 Å². The van der Waals surface area contributed by atoms with Crippen molar-refractivity contribution in [3.05, 3.63) is 0 Å². The lowest BCUT2D eigenvalue weighted by Crippen LogP contribution is -2.55. The van der Waals surface area contributed by atoms with Crippen LogP contribution in [0.4, 0.5) is 0 Å². The Morgan fingerprint density at radius 3 is 2.67 bits per heavy atom. The van der Waals surface area contributed by atoms with Crippen molar-refractivity contribution in [2.75, 3.05) is 13.6 Å². The van der Waals surface area contributed by atoms with Gasteiger partial charge in [-0.2, -0.15) is 5.26 Å². The maximum absolute atomic E-state index is 11.2. The lowest BCUT2D eigenvalue weighted by atomic mass is 10.2. The Morgan fingerprint density at radius 1 is 1.58 bits per heavy atom. The zero-order valence-electron chi connectivity index (χ0n) is 6.94. The average molecular weight is 167 g/mol. The van der Waals surface area contributed by atoms with E-state index >= 15 is 0 Å². The SMILES string of the molecule is CC1C(=O)N(C)CC(=O)N1C#N. The summed E-state index contributed by atoms with van der Waals surface area (Å²) in [4.78, 5) is 24.5. The summed E-state index contributed by atoms with van der Waals surface area (Å²) in [6.07, 6.45) is 1.69. The molecule has 0 radical (unpaired) electrons. The normalized spacial score (nSPS) is 24.2. The van der Waals surface area contributed by atoms with E-state index in [9.17, 15) is 9.59 Å². The van der Waals surface area contributed by atoms with Crippen molar-refractivity contribution in [1.82, 2.24) is 9.80 Å². The zero-order valence-corrected chi connectivity index (χ0v) is 6.94. The zero-order chi connectivity index (χ0) is 9.30. The first-order chi connectivity index (χ1) is 5.57. The number of hydrogen-bond acceptors (Lipinski definition) is 3. The summed E-state index contributed by atoms with van der Waals surface area (Å²) >= 11 is 0. The summed E-state index contributed by atoms with van der Waals surface area (Å²) in [5.74, 6) is -0.525. The van der Waals surface area contributed by atoms with Gasteiger partial charge in [-0.25, -0.2) is 4.90 Å². The van der Waals surface area contributed by atoms with Crippen LogP contribution in [0.2, 0.25) is 0 Å². The fourth-order valence-corrected chi connectivity index (χ4v) is 1.14. The first-order valence-corrected chi connectivity index (χ1v) is 3.54. The topological polar surface area (TPSA) is 64.4 Å². The Labute approximate surface area is 70.2 Å². The van der Waals surface area contributed by atoms with Crippen molar-refractivity contribution in [3.63, 3.8) is 0 Å². The van der Waals surface area contributed by atoms with E-state index in [4.69, 9.17) is 5.26 Å². The second-order valence-corrected chi connectivity index (χ2v) is 2.73. The molecule has 2 amide bonds. The summed E-state index contributed by atoms with van der Waals surface area (Å²) in [7, 11) is 1.55. The van der Waals surface area contributed by atoms with Gasteiger partial charge in [-0.15, -0.1) is 0 Å². The predicted octanol–water partition coefficient (Wildman–Crippen LogP) is -0.843. The highest BCUT2D eigenvalue weighted by atomic mass is 16.2. The Bertz CT molecular complexity index is 268. The van der Waals surface area contributed by atoms with Gasteiger partial charge in [0.05, 0.1) is 0 Å². The van der Waals surface area contributed by atoms with Crippen LogP contribution in [0.5, 0.6) is 0 Å². The van der Waals surface area contributed by atoms with Crippen LogP contribution in [-0.2, 0) is 9.59 Å². The number of likely N-dealkylation sites (N-methyl/N-ethyl adjacent to an activating group) is 1. The minimum Gasteiger partial charge on any atom is -0.335 e. The second-order valence-electron chi connectivity index (χ2n) is 2.73. The van der Waals surface area contributed by atoms with E-state index < -0.39 is 6.04 Å². The van der Waals surface area contributed by atoms with Crippen molar-refractivity contribution < 1.29 is 9.59 Å². The quantitative estimate of drug-likeness (QED) is 0.442. The molecule has 0 bridgehead atoms. The third-order valence-electron chi connectivity index (χ3n) is 1.87. The van der Waals surface area contributed by atoms with E-state index in [1.54, 1.807) is 20.2 Å². The molecule has 1 aliphatic rings. The van der Waals surface area contributed by atoms with Gasteiger partial charge in [0.1, 0.15) is 12.6 Å². The van der Waals surface area contributed by atoms with E-state index in [0.717, 1.165) is 4.90 Å². The van der Waals surface area contributed by atoms with Gasteiger partial charge in [-0.05, 0) is 6.92 Å². The molecule has 0 aliphatic carbocycles. The number of piperazine rings is 1. The molecule has 1 unspecified atom stereocenters. The highest BCUT2D eigenvalue weighted by Crippen LogP contribution is 2.08. The molecule has 0 aromatic rings. The standard InChI is InChI=1S/C7H9N3O2/c1-5-7(12)9(2)3-6(11)10(5)4-8/h5H,3H2,1-2H3. The lowest BCUT2D eigenvalue weighted by molar-refractivity contribution is -0.150. The van der Waals surface area contributed by atoms with Crippen molar-refractivity contribution >= 4 is 11.8 Å². The number of hydrogen-bond donors (Lipinski definition) is 0. The number of carbonyl (C=O) groups excluding carboxylic acids is 2. The first kappa shape index (κ1) is 8.53. The molecule has 1 saturated heterocycles. The molecule has 1 fully saturated rings. The summed E-state index contributed by atoms with van der Waals surface area (Å²) in [5, 5.41) is 8.52. The summed E-state index contributed by atoms with van der Waals surface area (Å²) < 4.78 is 0. The van der Waals surface area contributed by atoms with Gasteiger partial charge >= 0.3 is 0 Å². The molecule has 1 atom stereocenters. The van der Waals surface area contributed by atoms with Gasteiger partial charge in [0.15, 0.2) is 6.19 Å². The minimum absolute atomic E-state index is 0.00324. The highest BCUT2D eigenvalue weighted by molar-refractivity contribution is 5.95. The Hall–Kier alpha value is -1.57. The number of rotatable bonds is 0. The Morgan fingerprint density at radius 2 is 2.17 bits per heavy atom. The van der Waals surface area contributed by atoms with Gasteiger partial charge in [-0.1, -0.05) is 0 Å². The summed E-state index contributed by atoms with van der Waals surface area (Å²) in [5.41, 5.74) is 0. The lowest BCUT2D eigenvalue weighted by Gasteiger charge is -2.31. The van der Waals surface area contributed by atoms with Crippen LogP contribution in [0.3, 0.4) is 0 Å². The molecule has 1 rings (SSSR count). The van der Waals surface area contributed by atoms with E-state index in [-0.39, 0.29) is 18.4 Å². The van der Waals surface area contributed by atoms with Crippen molar-refractivity contribution in [2.45, 2.75) is 13.0 Å². The molecule has 1 aliphatic heterocycles. The second kappa shape index (κ2) is 2.81. The van der Waals surface area contributed by atoms with Crippen LogP contribution in [-0.4, -0.2) is 41.2 Å². The van der Waals surface area contributed by atoms with E-state index in [1.165, 1.54) is 4.90 Å². The van der Waals surface area contributed by atoms with Gasteiger partial charge < -0.3 is 4.90 Å². The van der Waals surface area contributed by atoms with E-state index in [2.05, 4.69) is 0 Å². The average Bonchev–Trinajstić information content (AvgIpc) is 2.01. The van der Waals surface area contributed by atoms with Crippen LogP contribution in [0.25, 0.3) is 0 Å².